The van der Waals surface area contributed by atoms with Gasteiger partial charge in [0.05, 0.1) is 6.61 Å². The molecule has 0 saturated carbocycles. The summed E-state index contributed by atoms with van der Waals surface area (Å²) in [5, 5.41) is 0. The van der Waals surface area contributed by atoms with E-state index in [4.69, 9.17) is 19.3 Å². The van der Waals surface area contributed by atoms with E-state index in [-0.39, 0.29) is 19.4 Å². The lowest BCUT2D eigenvalue weighted by Crippen LogP contribution is -2.29. The van der Waals surface area contributed by atoms with Crippen molar-refractivity contribution < 1.29 is 37.9 Å². The van der Waals surface area contributed by atoms with Gasteiger partial charge in [0.15, 0.2) is 6.10 Å². The average molecular weight is 779 g/mol. The van der Waals surface area contributed by atoms with Crippen molar-refractivity contribution in [3.05, 3.63) is 60.8 Å². The lowest BCUT2D eigenvalue weighted by Gasteiger charge is -2.18. The van der Waals surface area contributed by atoms with Gasteiger partial charge >= 0.3 is 19.8 Å². The molecule has 8 nitrogen and oxygen atoms in total. The Balaban J connectivity index is 4.03. The number of phosphoric acid groups is 1. The van der Waals surface area contributed by atoms with Gasteiger partial charge in [-0.3, -0.25) is 14.1 Å². The van der Waals surface area contributed by atoms with Crippen molar-refractivity contribution in [3.8, 4) is 0 Å². The maximum absolute atomic E-state index is 12.4. The third-order valence-electron chi connectivity index (χ3n) is 9.01. The standard InChI is InChI=1S/C45H79O8P/c1-3-5-7-9-11-13-15-17-19-20-21-22-23-24-26-28-30-32-34-36-38-40-45(47)53-43(42-52-54(48,49)50)41-51-44(46)39-37-35-33-31-29-27-25-18-16-14-12-10-8-6-4-2/h14,16,19-20,22-23,26,28,32,34,43H,3-13,15,17-18,21,24-25,27,29-31,33,35-42H2,1-2H3,(H2,48,49,50)/b16-14+,20-19+,23-22+,28-26+,34-32+/t43-/m1/s1. The molecule has 54 heavy (non-hydrogen) atoms. The number of esters is 2. The summed E-state index contributed by atoms with van der Waals surface area (Å²) in [6, 6.07) is 0. The third kappa shape index (κ3) is 42.5. The van der Waals surface area contributed by atoms with Crippen molar-refractivity contribution in [2.75, 3.05) is 13.2 Å². The molecular weight excluding hydrogens is 699 g/mol. The van der Waals surface area contributed by atoms with Crippen LogP contribution < -0.4 is 0 Å². The minimum absolute atomic E-state index is 0.134. The number of hydrogen-bond donors (Lipinski definition) is 2. The van der Waals surface area contributed by atoms with Crippen LogP contribution >= 0.6 is 7.82 Å². The Hall–Kier alpha value is -2.25. The van der Waals surface area contributed by atoms with Crippen LogP contribution in [0.1, 0.15) is 194 Å². The predicted molar refractivity (Wildman–Crippen MR) is 225 cm³/mol. The van der Waals surface area contributed by atoms with Crippen molar-refractivity contribution in [2.45, 2.75) is 200 Å². The summed E-state index contributed by atoms with van der Waals surface area (Å²) in [4.78, 5) is 42.8. The van der Waals surface area contributed by atoms with E-state index >= 15 is 0 Å². The van der Waals surface area contributed by atoms with E-state index < -0.39 is 32.5 Å². The van der Waals surface area contributed by atoms with Crippen LogP contribution in [0, 0.1) is 0 Å². The maximum atomic E-state index is 12.4. The summed E-state index contributed by atoms with van der Waals surface area (Å²) >= 11 is 0. The molecule has 312 valence electrons. The molecule has 0 spiro atoms. The zero-order valence-electron chi connectivity index (χ0n) is 34.4. The quantitative estimate of drug-likeness (QED) is 0.0274. The predicted octanol–water partition coefficient (Wildman–Crippen LogP) is 13.3. The summed E-state index contributed by atoms with van der Waals surface area (Å²) in [5.41, 5.74) is 0. The average Bonchev–Trinajstić information content (AvgIpc) is 3.14. The maximum Gasteiger partial charge on any atom is 0.469 e. The van der Waals surface area contributed by atoms with Crippen LogP contribution in [0.25, 0.3) is 0 Å². The highest BCUT2D eigenvalue weighted by Gasteiger charge is 2.22. The lowest BCUT2D eigenvalue weighted by atomic mass is 10.1. The van der Waals surface area contributed by atoms with Gasteiger partial charge in [-0.15, -0.1) is 0 Å². The van der Waals surface area contributed by atoms with Gasteiger partial charge in [-0.05, 0) is 77.0 Å². The van der Waals surface area contributed by atoms with Crippen LogP contribution in [0.15, 0.2) is 60.8 Å². The van der Waals surface area contributed by atoms with Crippen LogP contribution in [-0.4, -0.2) is 41.0 Å². The first-order valence-corrected chi connectivity index (χ1v) is 23.1. The van der Waals surface area contributed by atoms with Gasteiger partial charge in [0.1, 0.15) is 6.61 Å². The van der Waals surface area contributed by atoms with Crippen molar-refractivity contribution in [1.82, 2.24) is 0 Å². The molecule has 0 rings (SSSR count). The molecule has 0 aliphatic carbocycles. The molecular formula is C45H79O8P. The first kappa shape index (κ1) is 51.8. The first-order chi connectivity index (χ1) is 26.3. The van der Waals surface area contributed by atoms with Crippen molar-refractivity contribution in [1.29, 1.82) is 0 Å². The number of ether oxygens (including phenoxy) is 2. The van der Waals surface area contributed by atoms with E-state index in [0.717, 1.165) is 44.9 Å². The topological polar surface area (TPSA) is 119 Å². The van der Waals surface area contributed by atoms with Gasteiger partial charge in [0.2, 0.25) is 0 Å². The smallest absolute Gasteiger partial charge is 0.462 e. The number of allylic oxidation sites excluding steroid dienone is 10. The van der Waals surface area contributed by atoms with Gasteiger partial charge in [-0.25, -0.2) is 4.57 Å². The highest BCUT2D eigenvalue weighted by molar-refractivity contribution is 7.46. The van der Waals surface area contributed by atoms with Crippen LogP contribution in [-0.2, 0) is 28.2 Å². The Morgan fingerprint density at radius 1 is 0.481 bits per heavy atom. The summed E-state index contributed by atoms with van der Waals surface area (Å²) in [7, 11) is -4.77. The Bertz CT molecular complexity index is 1060. The lowest BCUT2D eigenvalue weighted by molar-refractivity contribution is -0.161. The highest BCUT2D eigenvalue weighted by atomic mass is 31.2. The molecule has 0 amide bonds. The van der Waals surface area contributed by atoms with Crippen LogP contribution in [0.3, 0.4) is 0 Å². The molecule has 0 aromatic rings. The van der Waals surface area contributed by atoms with Gasteiger partial charge in [-0.1, -0.05) is 164 Å². The van der Waals surface area contributed by atoms with Gasteiger partial charge in [-0.2, -0.15) is 0 Å². The summed E-state index contributed by atoms with van der Waals surface area (Å²) < 4.78 is 26.3. The number of hydrogen-bond acceptors (Lipinski definition) is 6. The van der Waals surface area contributed by atoms with Crippen LogP contribution in [0.4, 0.5) is 0 Å². The van der Waals surface area contributed by atoms with E-state index in [9.17, 15) is 14.2 Å². The molecule has 1 atom stereocenters. The number of carbonyl (C=O) groups excluding carboxylic acids is 2. The molecule has 0 aliphatic rings. The second kappa shape index (κ2) is 40.4. The summed E-state index contributed by atoms with van der Waals surface area (Å²) in [5.74, 6) is -0.957. The molecule has 0 aromatic heterocycles. The second-order valence-corrected chi connectivity index (χ2v) is 15.5. The number of rotatable bonds is 39. The number of carbonyl (C=O) groups is 2. The number of phosphoric ester groups is 1. The molecule has 9 heteroatoms. The van der Waals surface area contributed by atoms with Crippen molar-refractivity contribution in [3.63, 3.8) is 0 Å². The molecule has 0 aliphatic heterocycles. The normalized spacial score (nSPS) is 13.0. The van der Waals surface area contributed by atoms with Crippen LogP contribution in [0.2, 0.25) is 0 Å². The van der Waals surface area contributed by atoms with E-state index in [0.29, 0.717) is 19.3 Å². The Morgan fingerprint density at radius 3 is 1.33 bits per heavy atom. The first-order valence-electron chi connectivity index (χ1n) is 21.6. The van der Waals surface area contributed by atoms with Gasteiger partial charge in [0, 0.05) is 12.8 Å². The SMILES string of the molecule is CCCCCC/C=C/CCCCCCCCCC(=O)OC[C@H](COP(=O)(O)O)OC(=O)CCC/C=C/C/C=C/C/C=C/C/C=C/CCCCCCCCC. The minimum Gasteiger partial charge on any atom is -0.462 e. The third-order valence-corrected chi connectivity index (χ3v) is 9.49. The van der Waals surface area contributed by atoms with Crippen molar-refractivity contribution in [2.24, 2.45) is 0 Å². The molecule has 0 radical (unpaired) electrons. The Morgan fingerprint density at radius 2 is 0.852 bits per heavy atom. The van der Waals surface area contributed by atoms with Crippen molar-refractivity contribution >= 4 is 19.8 Å². The molecule has 0 heterocycles. The fourth-order valence-corrected chi connectivity index (χ4v) is 6.13. The van der Waals surface area contributed by atoms with Gasteiger partial charge < -0.3 is 19.3 Å². The fraction of sp³-hybridized carbons (Fsp3) is 0.733. The monoisotopic (exact) mass is 779 g/mol. The number of unbranched alkanes of at least 4 members (excludes halogenated alkanes) is 19. The highest BCUT2D eigenvalue weighted by Crippen LogP contribution is 2.36. The fourth-order valence-electron chi connectivity index (χ4n) is 5.77. The van der Waals surface area contributed by atoms with Crippen LogP contribution in [0.5, 0.6) is 0 Å². The zero-order valence-corrected chi connectivity index (χ0v) is 35.2. The second-order valence-electron chi connectivity index (χ2n) is 14.3. The molecule has 0 saturated heterocycles. The minimum atomic E-state index is -4.77. The molecule has 0 fully saturated rings. The zero-order chi connectivity index (χ0) is 39.6. The Labute approximate surface area is 330 Å². The Kier molecular flexibility index (Phi) is 38.7. The molecule has 0 bridgehead atoms. The van der Waals surface area contributed by atoms with E-state index in [2.05, 4.69) is 73.1 Å². The van der Waals surface area contributed by atoms with E-state index in [1.807, 2.05) is 6.08 Å². The van der Waals surface area contributed by atoms with E-state index in [1.54, 1.807) is 0 Å². The largest absolute Gasteiger partial charge is 0.469 e. The van der Waals surface area contributed by atoms with E-state index in [1.165, 1.54) is 103 Å². The van der Waals surface area contributed by atoms with Gasteiger partial charge in [0.25, 0.3) is 0 Å². The molecule has 0 unspecified atom stereocenters. The summed E-state index contributed by atoms with van der Waals surface area (Å²) in [6.07, 6.45) is 50.9. The summed E-state index contributed by atoms with van der Waals surface area (Å²) in [6.45, 7) is 3.62. The molecule has 2 N–H and O–H groups in total. The molecule has 0 aromatic carbocycles.